The largest absolute Gasteiger partial charge is 0.394 e. The van der Waals surface area contributed by atoms with Crippen LogP contribution in [0.15, 0.2) is 30.3 Å². The van der Waals surface area contributed by atoms with Gasteiger partial charge in [0, 0.05) is 24.2 Å². The topological polar surface area (TPSA) is 61.3 Å². The first-order chi connectivity index (χ1) is 12.1. The summed E-state index contributed by atoms with van der Waals surface area (Å²) in [5, 5.41) is 12.9. The van der Waals surface area contributed by atoms with Crippen LogP contribution in [0.25, 0.3) is 0 Å². The highest BCUT2D eigenvalue weighted by Crippen LogP contribution is 2.51. The van der Waals surface area contributed by atoms with Crippen molar-refractivity contribution in [2.75, 3.05) is 23.4 Å². The maximum Gasteiger partial charge on any atom is 0.225 e. The van der Waals surface area contributed by atoms with Gasteiger partial charge in [-0.1, -0.05) is 38.1 Å². The number of aliphatic hydroxyl groups excluding tert-OH is 1. The lowest BCUT2D eigenvalue weighted by molar-refractivity contribution is 0.248. The number of anilines is 2. The standard InChI is InChI=1S/C20H26N4O/c1-12(2)17(11-25)22-20-21-13(3)8-19(23-20)24-10-14-9-18(24)16-7-5-4-6-15(14)16/h4-8,12,14,17-18,25H,9-11H2,1-3H3,(H,21,22,23)/t14-,17+,18+/m1/s1. The van der Waals surface area contributed by atoms with E-state index in [4.69, 9.17) is 4.98 Å². The van der Waals surface area contributed by atoms with Gasteiger partial charge in [-0.05, 0) is 30.4 Å². The molecule has 2 aromatic rings. The Bertz CT molecular complexity index is 776. The van der Waals surface area contributed by atoms with Crippen molar-refractivity contribution in [2.45, 2.75) is 45.2 Å². The first kappa shape index (κ1) is 16.3. The van der Waals surface area contributed by atoms with E-state index < -0.39 is 0 Å². The number of hydrogen-bond acceptors (Lipinski definition) is 5. The number of rotatable bonds is 5. The lowest BCUT2D eigenvalue weighted by Crippen LogP contribution is -2.32. The van der Waals surface area contributed by atoms with Gasteiger partial charge in [-0.3, -0.25) is 0 Å². The quantitative estimate of drug-likeness (QED) is 0.876. The van der Waals surface area contributed by atoms with Gasteiger partial charge in [0.2, 0.25) is 5.95 Å². The van der Waals surface area contributed by atoms with Crippen molar-refractivity contribution < 1.29 is 5.11 Å². The fraction of sp³-hybridized carbons (Fsp3) is 0.500. The van der Waals surface area contributed by atoms with E-state index in [1.54, 1.807) is 0 Å². The van der Waals surface area contributed by atoms with Gasteiger partial charge in [-0.25, -0.2) is 4.98 Å². The number of nitrogens with one attached hydrogen (secondary N) is 1. The predicted octanol–water partition coefficient (Wildman–Crippen LogP) is 3.26. The molecule has 5 nitrogen and oxygen atoms in total. The number of aryl methyl sites for hydroxylation is 1. The highest BCUT2D eigenvalue weighted by atomic mass is 16.3. The molecule has 1 aromatic heterocycles. The second kappa shape index (κ2) is 6.30. The van der Waals surface area contributed by atoms with Gasteiger partial charge in [-0.2, -0.15) is 4.98 Å². The summed E-state index contributed by atoms with van der Waals surface area (Å²) >= 11 is 0. The minimum Gasteiger partial charge on any atom is -0.394 e. The smallest absolute Gasteiger partial charge is 0.225 e. The van der Waals surface area contributed by atoms with Gasteiger partial charge >= 0.3 is 0 Å². The van der Waals surface area contributed by atoms with Crippen LogP contribution in [0.3, 0.4) is 0 Å². The fourth-order valence-corrected chi connectivity index (χ4v) is 4.15. The summed E-state index contributed by atoms with van der Waals surface area (Å²) < 4.78 is 0. The molecule has 1 aliphatic heterocycles. The molecular weight excluding hydrogens is 312 g/mol. The van der Waals surface area contributed by atoms with Gasteiger partial charge in [0.05, 0.1) is 18.7 Å². The van der Waals surface area contributed by atoms with E-state index in [9.17, 15) is 5.11 Å². The number of aliphatic hydroxyl groups is 1. The van der Waals surface area contributed by atoms with Crippen LogP contribution in [0.2, 0.25) is 0 Å². The van der Waals surface area contributed by atoms with Crippen LogP contribution in [0.1, 0.15) is 49.0 Å². The van der Waals surface area contributed by atoms with Crippen molar-refractivity contribution in [1.29, 1.82) is 0 Å². The van der Waals surface area contributed by atoms with Crippen LogP contribution in [-0.4, -0.2) is 34.3 Å². The second-order valence-electron chi connectivity index (χ2n) is 7.60. The molecule has 0 saturated carbocycles. The first-order valence-corrected chi connectivity index (χ1v) is 9.15. The third-order valence-corrected chi connectivity index (χ3v) is 5.55. The molecule has 2 aliphatic rings. The molecule has 2 N–H and O–H groups in total. The summed E-state index contributed by atoms with van der Waals surface area (Å²) in [5.41, 5.74) is 3.90. The first-order valence-electron chi connectivity index (χ1n) is 9.15. The number of benzene rings is 1. The number of aromatic nitrogens is 2. The normalized spacial score (nSPS) is 22.4. The third-order valence-electron chi connectivity index (χ3n) is 5.55. The third kappa shape index (κ3) is 2.86. The Morgan fingerprint density at radius 1 is 1.24 bits per heavy atom. The molecule has 1 fully saturated rings. The Morgan fingerprint density at radius 2 is 2.00 bits per heavy atom. The van der Waals surface area contributed by atoms with E-state index in [0.717, 1.165) is 18.1 Å². The van der Waals surface area contributed by atoms with Crippen molar-refractivity contribution in [3.63, 3.8) is 0 Å². The molecule has 0 radical (unpaired) electrons. The van der Waals surface area contributed by atoms with Gasteiger partial charge < -0.3 is 15.3 Å². The highest BCUT2D eigenvalue weighted by molar-refractivity contribution is 5.55. The van der Waals surface area contributed by atoms with Gasteiger partial charge in [0.1, 0.15) is 5.82 Å². The van der Waals surface area contributed by atoms with Crippen LogP contribution < -0.4 is 10.2 Å². The number of hydrogen-bond donors (Lipinski definition) is 2. The summed E-state index contributed by atoms with van der Waals surface area (Å²) in [6.07, 6.45) is 1.18. The average Bonchev–Trinajstić information content (AvgIpc) is 3.18. The molecular formula is C20H26N4O. The Hall–Kier alpha value is -2.14. The zero-order chi connectivity index (χ0) is 17.6. The van der Waals surface area contributed by atoms with Crippen LogP contribution in [0, 0.1) is 12.8 Å². The summed E-state index contributed by atoms with van der Waals surface area (Å²) in [5.74, 6) is 2.51. The molecule has 3 atom stereocenters. The molecule has 5 heteroatoms. The molecule has 1 aromatic carbocycles. The van der Waals surface area contributed by atoms with E-state index in [-0.39, 0.29) is 12.6 Å². The maximum atomic E-state index is 9.57. The summed E-state index contributed by atoms with van der Waals surface area (Å²) in [7, 11) is 0. The van der Waals surface area contributed by atoms with E-state index in [1.807, 2.05) is 6.92 Å². The van der Waals surface area contributed by atoms with E-state index in [1.165, 1.54) is 17.5 Å². The Balaban J connectivity index is 1.62. The molecule has 0 spiro atoms. The zero-order valence-electron chi connectivity index (χ0n) is 15.1. The van der Waals surface area contributed by atoms with Crippen molar-refractivity contribution in [3.8, 4) is 0 Å². The molecule has 132 valence electrons. The minimum absolute atomic E-state index is 0.0367. The van der Waals surface area contributed by atoms with Crippen LogP contribution in [-0.2, 0) is 0 Å². The molecule has 0 amide bonds. The van der Waals surface area contributed by atoms with Crippen molar-refractivity contribution >= 4 is 11.8 Å². The van der Waals surface area contributed by atoms with Crippen LogP contribution >= 0.6 is 0 Å². The van der Waals surface area contributed by atoms with Crippen molar-refractivity contribution in [2.24, 2.45) is 5.92 Å². The minimum atomic E-state index is -0.0367. The lowest BCUT2D eigenvalue weighted by atomic mass is 9.99. The van der Waals surface area contributed by atoms with E-state index in [2.05, 4.69) is 59.4 Å². The van der Waals surface area contributed by atoms with Crippen LogP contribution in [0.5, 0.6) is 0 Å². The van der Waals surface area contributed by atoms with Crippen molar-refractivity contribution in [3.05, 3.63) is 47.2 Å². The van der Waals surface area contributed by atoms with Gasteiger partial charge in [0.25, 0.3) is 0 Å². The molecule has 2 heterocycles. The molecule has 1 aliphatic carbocycles. The summed E-state index contributed by atoms with van der Waals surface area (Å²) in [6, 6.07) is 11.2. The predicted molar refractivity (Wildman–Crippen MR) is 100.0 cm³/mol. The SMILES string of the molecule is Cc1cc(N2C[C@H]3C[C@H]2c2ccccc23)nc(N[C@@H](CO)C(C)C)n1. The van der Waals surface area contributed by atoms with E-state index in [0.29, 0.717) is 23.8 Å². The Labute approximate surface area is 149 Å². The van der Waals surface area contributed by atoms with Gasteiger partial charge in [-0.15, -0.1) is 0 Å². The molecule has 2 bridgehead atoms. The molecule has 4 rings (SSSR count). The highest BCUT2D eigenvalue weighted by Gasteiger charge is 2.42. The fourth-order valence-electron chi connectivity index (χ4n) is 4.15. The Morgan fingerprint density at radius 3 is 2.72 bits per heavy atom. The lowest BCUT2D eigenvalue weighted by Gasteiger charge is -2.30. The number of fused-ring (bicyclic) bond motifs is 5. The van der Waals surface area contributed by atoms with E-state index >= 15 is 0 Å². The Kier molecular flexibility index (Phi) is 4.12. The van der Waals surface area contributed by atoms with Crippen LogP contribution in [0.4, 0.5) is 11.8 Å². The monoisotopic (exact) mass is 338 g/mol. The van der Waals surface area contributed by atoms with Crippen molar-refractivity contribution in [1.82, 2.24) is 9.97 Å². The summed E-state index contributed by atoms with van der Waals surface area (Å²) in [6.45, 7) is 7.27. The zero-order valence-corrected chi connectivity index (χ0v) is 15.1. The average molecular weight is 338 g/mol. The maximum absolute atomic E-state index is 9.57. The molecule has 0 unspecified atom stereocenters. The molecule has 25 heavy (non-hydrogen) atoms. The molecule has 1 saturated heterocycles. The number of nitrogens with zero attached hydrogens (tertiary/aromatic N) is 3. The summed E-state index contributed by atoms with van der Waals surface area (Å²) in [4.78, 5) is 11.7. The van der Waals surface area contributed by atoms with Gasteiger partial charge in [0.15, 0.2) is 0 Å². The second-order valence-corrected chi connectivity index (χ2v) is 7.60.